The van der Waals surface area contributed by atoms with Crippen molar-refractivity contribution >= 4 is 26.9 Å². The number of para-hydroxylation sites is 1. The third kappa shape index (κ3) is 5.21. The van der Waals surface area contributed by atoms with E-state index in [0.29, 0.717) is 6.42 Å². The summed E-state index contributed by atoms with van der Waals surface area (Å²) in [5.41, 5.74) is 2.73. The number of carboxylic acids is 1. The van der Waals surface area contributed by atoms with Crippen molar-refractivity contribution in [3.05, 3.63) is 65.9 Å². The fraction of sp³-hybridized carbons (Fsp3) is 0.286. The predicted molar refractivity (Wildman–Crippen MR) is 111 cm³/mol. The lowest BCUT2D eigenvalue weighted by molar-refractivity contribution is -0.137. The first-order valence-electron chi connectivity index (χ1n) is 9.22. The summed E-state index contributed by atoms with van der Waals surface area (Å²) in [7, 11) is -3.56. The SMILES string of the molecule is CC.Cc1ccc(S(=O)(=O)NCCc2cn(CC(=O)O)c3ccccc23)cc1. The van der Waals surface area contributed by atoms with E-state index in [4.69, 9.17) is 5.11 Å². The number of carbonyl (C=O) groups is 1. The summed E-state index contributed by atoms with van der Waals surface area (Å²) in [5.74, 6) is -0.919. The molecule has 3 rings (SSSR count). The standard InChI is InChI=1S/C19H20N2O4S.C2H6/c1-14-6-8-16(9-7-14)26(24,25)20-11-10-15-12-21(13-19(22)23)18-5-3-2-4-17(15)18;1-2/h2-9,12,20H,10-11,13H2,1H3,(H,22,23);1-2H3. The Bertz CT molecular complexity index is 1040. The number of benzene rings is 2. The van der Waals surface area contributed by atoms with Crippen molar-refractivity contribution in [2.45, 2.75) is 38.6 Å². The first-order valence-corrected chi connectivity index (χ1v) is 10.7. The molecule has 0 saturated carbocycles. The topological polar surface area (TPSA) is 88.4 Å². The molecule has 0 bridgehead atoms. The molecular formula is C21H26N2O4S. The van der Waals surface area contributed by atoms with E-state index in [2.05, 4.69) is 4.72 Å². The maximum absolute atomic E-state index is 12.4. The highest BCUT2D eigenvalue weighted by Crippen LogP contribution is 2.22. The lowest BCUT2D eigenvalue weighted by atomic mass is 10.1. The van der Waals surface area contributed by atoms with Crippen LogP contribution in [0.25, 0.3) is 10.9 Å². The summed E-state index contributed by atoms with van der Waals surface area (Å²) in [6, 6.07) is 14.2. The Balaban J connectivity index is 0.00000136. The smallest absolute Gasteiger partial charge is 0.323 e. The van der Waals surface area contributed by atoms with Crippen LogP contribution in [0.3, 0.4) is 0 Å². The van der Waals surface area contributed by atoms with Gasteiger partial charge in [-0.3, -0.25) is 4.79 Å². The van der Waals surface area contributed by atoms with Gasteiger partial charge in [0.15, 0.2) is 0 Å². The van der Waals surface area contributed by atoms with Gasteiger partial charge in [0.2, 0.25) is 10.0 Å². The Morgan fingerprint density at radius 2 is 1.71 bits per heavy atom. The number of rotatable bonds is 7. The molecule has 0 aliphatic carbocycles. The van der Waals surface area contributed by atoms with E-state index in [1.807, 2.05) is 45.0 Å². The van der Waals surface area contributed by atoms with Crippen molar-refractivity contribution in [3.63, 3.8) is 0 Å². The van der Waals surface area contributed by atoms with Crippen LogP contribution in [0.5, 0.6) is 0 Å². The number of nitrogens with zero attached hydrogens (tertiary/aromatic N) is 1. The van der Waals surface area contributed by atoms with E-state index in [0.717, 1.165) is 22.0 Å². The minimum absolute atomic E-state index is 0.129. The summed E-state index contributed by atoms with van der Waals surface area (Å²) in [6.07, 6.45) is 2.25. The zero-order valence-electron chi connectivity index (χ0n) is 16.3. The summed E-state index contributed by atoms with van der Waals surface area (Å²) in [6.45, 7) is 6.00. The van der Waals surface area contributed by atoms with Crippen molar-refractivity contribution < 1.29 is 18.3 Å². The molecule has 1 heterocycles. The maximum Gasteiger partial charge on any atom is 0.323 e. The van der Waals surface area contributed by atoms with Crippen LogP contribution >= 0.6 is 0 Å². The van der Waals surface area contributed by atoms with E-state index in [9.17, 15) is 13.2 Å². The third-order valence-corrected chi connectivity index (χ3v) is 5.67. The molecule has 3 aromatic rings. The predicted octanol–water partition coefficient (Wildman–Crippen LogP) is 3.58. The number of carboxylic acid groups (broad SMARTS) is 1. The molecule has 0 unspecified atom stereocenters. The normalized spacial score (nSPS) is 11.1. The first-order chi connectivity index (χ1) is 13.4. The molecule has 0 radical (unpaired) electrons. The quantitative estimate of drug-likeness (QED) is 0.632. The van der Waals surface area contributed by atoms with Gasteiger partial charge in [0.1, 0.15) is 6.54 Å². The Labute approximate surface area is 165 Å². The summed E-state index contributed by atoms with van der Waals surface area (Å²) in [5, 5.41) is 9.99. The largest absolute Gasteiger partial charge is 0.480 e. The molecule has 0 saturated heterocycles. The van der Waals surface area contributed by atoms with Crippen LogP contribution in [-0.4, -0.2) is 30.6 Å². The second-order valence-electron chi connectivity index (χ2n) is 6.15. The molecular weight excluding hydrogens is 376 g/mol. The zero-order valence-corrected chi connectivity index (χ0v) is 17.2. The Kier molecular flexibility index (Phi) is 7.37. The van der Waals surface area contributed by atoms with Crippen molar-refractivity contribution in [1.82, 2.24) is 9.29 Å². The molecule has 0 fully saturated rings. The molecule has 2 N–H and O–H groups in total. The zero-order chi connectivity index (χ0) is 20.7. The van der Waals surface area contributed by atoms with Gasteiger partial charge in [-0.15, -0.1) is 0 Å². The summed E-state index contributed by atoms with van der Waals surface area (Å²) in [4.78, 5) is 11.3. The van der Waals surface area contributed by atoms with E-state index in [-0.39, 0.29) is 18.0 Å². The van der Waals surface area contributed by atoms with Crippen molar-refractivity contribution in [1.29, 1.82) is 0 Å². The maximum atomic E-state index is 12.4. The monoisotopic (exact) mass is 402 g/mol. The van der Waals surface area contributed by atoms with Crippen LogP contribution in [0, 0.1) is 6.92 Å². The Morgan fingerprint density at radius 3 is 2.36 bits per heavy atom. The molecule has 0 aliphatic rings. The van der Waals surface area contributed by atoms with Crippen LogP contribution in [0.1, 0.15) is 25.0 Å². The molecule has 2 aromatic carbocycles. The second-order valence-corrected chi connectivity index (χ2v) is 7.92. The minimum atomic E-state index is -3.56. The average molecular weight is 403 g/mol. The van der Waals surface area contributed by atoms with E-state index in [1.54, 1.807) is 35.0 Å². The van der Waals surface area contributed by atoms with E-state index < -0.39 is 16.0 Å². The van der Waals surface area contributed by atoms with Gasteiger partial charge in [-0.25, -0.2) is 13.1 Å². The summed E-state index contributed by atoms with van der Waals surface area (Å²) < 4.78 is 29.0. The van der Waals surface area contributed by atoms with Crippen molar-refractivity contribution in [2.75, 3.05) is 6.54 Å². The van der Waals surface area contributed by atoms with Crippen LogP contribution < -0.4 is 4.72 Å². The van der Waals surface area contributed by atoms with Crippen LogP contribution in [0.15, 0.2) is 59.6 Å². The molecule has 0 aliphatic heterocycles. The Hall–Kier alpha value is -2.64. The van der Waals surface area contributed by atoms with Gasteiger partial charge in [0.25, 0.3) is 0 Å². The highest BCUT2D eigenvalue weighted by atomic mass is 32.2. The fourth-order valence-electron chi connectivity index (χ4n) is 2.92. The van der Waals surface area contributed by atoms with Gasteiger partial charge in [-0.2, -0.15) is 0 Å². The fourth-order valence-corrected chi connectivity index (χ4v) is 3.95. The number of fused-ring (bicyclic) bond motifs is 1. The van der Waals surface area contributed by atoms with Crippen LogP contribution in [0.4, 0.5) is 0 Å². The molecule has 6 nitrogen and oxygen atoms in total. The highest BCUT2D eigenvalue weighted by Gasteiger charge is 2.14. The number of nitrogens with one attached hydrogen (secondary N) is 1. The van der Waals surface area contributed by atoms with Gasteiger partial charge in [-0.1, -0.05) is 49.7 Å². The number of aliphatic carboxylic acids is 1. The molecule has 150 valence electrons. The van der Waals surface area contributed by atoms with E-state index in [1.165, 1.54) is 0 Å². The Morgan fingerprint density at radius 1 is 1.07 bits per heavy atom. The third-order valence-electron chi connectivity index (χ3n) is 4.19. The van der Waals surface area contributed by atoms with Crippen LogP contribution in [-0.2, 0) is 27.8 Å². The molecule has 1 aromatic heterocycles. The summed E-state index contributed by atoms with van der Waals surface area (Å²) >= 11 is 0. The van der Waals surface area contributed by atoms with Gasteiger partial charge in [0, 0.05) is 23.6 Å². The first kappa shape index (κ1) is 21.7. The van der Waals surface area contributed by atoms with Gasteiger partial charge in [0.05, 0.1) is 4.90 Å². The molecule has 28 heavy (non-hydrogen) atoms. The lowest BCUT2D eigenvalue weighted by Crippen LogP contribution is -2.25. The van der Waals surface area contributed by atoms with Gasteiger partial charge < -0.3 is 9.67 Å². The molecule has 0 spiro atoms. The number of aromatic nitrogens is 1. The van der Waals surface area contributed by atoms with Crippen LogP contribution in [0.2, 0.25) is 0 Å². The number of hydrogen-bond donors (Lipinski definition) is 2. The van der Waals surface area contributed by atoms with Crippen molar-refractivity contribution in [3.8, 4) is 0 Å². The second kappa shape index (κ2) is 9.52. The van der Waals surface area contributed by atoms with Crippen molar-refractivity contribution in [2.24, 2.45) is 0 Å². The number of sulfonamides is 1. The lowest BCUT2D eigenvalue weighted by Gasteiger charge is -2.07. The van der Waals surface area contributed by atoms with Gasteiger partial charge >= 0.3 is 5.97 Å². The van der Waals surface area contributed by atoms with E-state index >= 15 is 0 Å². The number of hydrogen-bond acceptors (Lipinski definition) is 3. The molecule has 0 amide bonds. The minimum Gasteiger partial charge on any atom is -0.480 e. The molecule has 0 atom stereocenters. The number of aryl methyl sites for hydroxylation is 1. The van der Waals surface area contributed by atoms with Gasteiger partial charge in [-0.05, 0) is 37.1 Å². The molecule has 7 heteroatoms. The average Bonchev–Trinajstić information content (AvgIpc) is 3.01. The highest BCUT2D eigenvalue weighted by molar-refractivity contribution is 7.89.